The van der Waals surface area contributed by atoms with Crippen molar-refractivity contribution in [3.05, 3.63) is 85.1 Å². The summed E-state index contributed by atoms with van der Waals surface area (Å²) in [6.07, 6.45) is 71.5. The van der Waals surface area contributed by atoms with Crippen molar-refractivity contribution >= 4 is 17.9 Å². The van der Waals surface area contributed by atoms with Gasteiger partial charge in [-0.3, -0.25) is 14.4 Å². The van der Waals surface area contributed by atoms with E-state index in [9.17, 15) is 14.4 Å². The van der Waals surface area contributed by atoms with Crippen LogP contribution < -0.4 is 0 Å². The second-order valence-corrected chi connectivity index (χ2v) is 18.5. The number of rotatable bonds is 50. The predicted octanol–water partition coefficient (Wildman–Crippen LogP) is 18.8. The molecule has 0 saturated carbocycles. The Morgan fingerprint density at radius 1 is 0.313 bits per heavy atom. The van der Waals surface area contributed by atoms with Crippen LogP contribution in [0.5, 0.6) is 0 Å². The van der Waals surface area contributed by atoms with Crippen molar-refractivity contribution in [1.82, 2.24) is 0 Å². The summed E-state index contributed by atoms with van der Waals surface area (Å²) in [5.74, 6) is -0.969. The van der Waals surface area contributed by atoms with Gasteiger partial charge in [0.2, 0.25) is 0 Å². The van der Waals surface area contributed by atoms with E-state index < -0.39 is 6.10 Å². The Morgan fingerprint density at radius 2 is 0.597 bits per heavy atom. The molecule has 0 amide bonds. The molecule has 0 N–H and O–H groups in total. The van der Waals surface area contributed by atoms with Crippen molar-refractivity contribution in [3.63, 3.8) is 0 Å². The first-order valence-corrected chi connectivity index (χ1v) is 28.1. The molecule has 0 spiro atoms. The van der Waals surface area contributed by atoms with Crippen LogP contribution in [-0.2, 0) is 28.6 Å². The van der Waals surface area contributed by atoms with Crippen LogP contribution in [0.2, 0.25) is 0 Å². The lowest BCUT2D eigenvalue weighted by Gasteiger charge is -2.18. The lowest BCUT2D eigenvalue weighted by molar-refractivity contribution is -0.167. The Labute approximate surface area is 414 Å². The lowest BCUT2D eigenvalue weighted by atomic mass is 10.1. The highest BCUT2D eigenvalue weighted by atomic mass is 16.6. The summed E-state index contributed by atoms with van der Waals surface area (Å²) in [7, 11) is 0. The van der Waals surface area contributed by atoms with Crippen LogP contribution in [0.3, 0.4) is 0 Å². The van der Waals surface area contributed by atoms with Gasteiger partial charge in [-0.15, -0.1) is 0 Å². The summed E-state index contributed by atoms with van der Waals surface area (Å²) in [6.45, 7) is 6.46. The minimum atomic E-state index is -0.810. The van der Waals surface area contributed by atoms with E-state index in [0.29, 0.717) is 19.3 Å². The fraction of sp³-hybridized carbons (Fsp3) is 0.721. The van der Waals surface area contributed by atoms with Gasteiger partial charge in [0.05, 0.1) is 0 Å². The Balaban J connectivity index is 4.45. The first-order valence-electron chi connectivity index (χ1n) is 28.1. The third-order valence-electron chi connectivity index (χ3n) is 11.9. The molecule has 0 aromatic carbocycles. The Kier molecular flexibility index (Phi) is 52.4. The van der Waals surface area contributed by atoms with Gasteiger partial charge < -0.3 is 14.2 Å². The monoisotopic (exact) mass is 933 g/mol. The lowest BCUT2D eigenvalue weighted by Crippen LogP contribution is -2.30. The van der Waals surface area contributed by atoms with E-state index in [4.69, 9.17) is 14.2 Å². The fourth-order valence-electron chi connectivity index (χ4n) is 7.64. The number of ether oxygens (including phenoxy) is 3. The van der Waals surface area contributed by atoms with Crippen molar-refractivity contribution in [3.8, 4) is 0 Å². The Hall–Kier alpha value is -3.41. The molecule has 6 nitrogen and oxygen atoms in total. The molecule has 1 atom stereocenters. The number of hydrogen-bond acceptors (Lipinski definition) is 6. The number of carbonyl (C=O) groups is 3. The summed E-state index contributed by atoms with van der Waals surface area (Å²) < 4.78 is 16.8. The van der Waals surface area contributed by atoms with E-state index in [2.05, 4.69) is 106 Å². The van der Waals surface area contributed by atoms with E-state index in [1.807, 2.05) is 0 Å². The van der Waals surface area contributed by atoms with Gasteiger partial charge in [0.15, 0.2) is 6.10 Å². The SMILES string of the molecule is CC/C=C\C/C=C\C/C=C\C/C=C\C/C=C\CCCC(=O)O[C@H](COC(=O)CCCCCCC/C=C\CCCCCC)COC(=O)CCCCCCCCCCC/C=C\CCCCCCCC. The van der Waals surface area contributed by atoms with Crippen LogP contribution in [0.15, 0.2) is 85.1 Å². The molecule has 0 aliphatic rings. The summed E-state index contributed by atoms with van der Waals surface area (Å²) in [5, 5.41) is 0. The van der Waals surface area contributed by atoms with Crippen molar-refractivity contribution in [1.29, 1.82) is 0 Å². The van der Waals surface area contributed by atoms with Crippen LogP contribution in [0.1, 0.15) is 265 Å². The smallest absolute Gasteiger partial charge is 0.306 e. The normalized spacial score (nSPS) is 12.7. The first-order chi connectivity index (χ1) is 33.0. The maximum atomic E-state index is 12.8. The number of allylic oxidation sites excluding steroid dienone is 14. The van der Waals surface area contributed by atoms with Crippen LogP contribution in [0, 0.1) is 0 Å². The van der Waals surface area contributed by atoms with Crippen LogP contribution in [-0.4, -0.2) is 37.2 Å². The molecule has 0 aliphatic heterocycles. The third-order valence-corrected chi connectivity index (χ3v) is 11.9. The molecule has 0 bridgehead atoms. The molecule has 0 heterocycles. The van der Waals surface area contributed by atoms with Crippen molar-refractivity contribution in [2.45, 2.75) is 271 Å². The molecule has 0 rings (SSSR count). The van der Waals surface area contributed by atoms with Gasteiger partial charge in [-0.1, -0.05) is 221 Å². The molecule has 0 fully saturated rings. The molecule has 384 valence electrons. The van der Waals surface area contributed by atoms with Crippen LogP contribution in [0.25, 0.3) is 0 Å². The molecule has 0 aliphatic carbocycles. The minimum Gasteiger partial charge on any atom is -0.462 e. The largest absolute Gasteiger partial charge is 0.462 e. The van der Waals surface area contributed by atoms with Crippen molar-refractivity contribution in [2.75, 3.05) is 13.2 Å². The number of esters is 3. The Bertz CT molecular complexity index is 1300. The fourth-order valence-corrected chi connectivity index (χ4v) is 7.64. The molecule has 0 aromatic heterocycles. The van der Waals surface area contributed by atoms with Crippen LogP contribution >= 0.6 is 0 Å². The van der Waals surface area contributed by atoms with Gasteiger partial charge in [-0.2, -0.15) is 0 Å². The van der Waals surface area contributed by atoms with Gasteiger partial charge in [-0.05, 0) is 109 Å². The van der Waals surface area contributed by atoms with E-state index in [0.717, 1.165) is 89.9 Å². The highest BCUT2D eigenvalue weighted by Crippen LogP contribution is 2.14. The quantitative estimate of drug-likeness (QED) is 0.0262. The molecule has 6 heteroatoms. The van der Waals surface area contributed by atoms with Crippen LogP contribution in [0.4, 0.5) is 0 Å². The van der Waals surface area contributed by atoms with Crippen molar-refractivity contribution < 1.29 is 28.6 Å². The zero-order chi connectivity index (χ0) is 48.6. The molecule has 0 unspecified atom stereocenters. The minimum absolute atomic E-state index is 0.102. The third kappa shape index (κ3) is 53.4. The highest BCUT2D eigenvalue weighted by Gasteiger charge is 2.19. The van der Waals surface area contributed by atoms with Crippen molar-refractivity contribution in [2.24, 2.45) is 0 Å². The molecule has 0 radical (unpaired) electrons. The number of unbranched alkanes of at least 4 members (excludes halogenated alkanes) is 25. The summed E-state index contributed by atoms with van der Waals surface area (Å²) in [4.78, 5) is 38.1. The van der Waals surface area contributed by atoms with E-state index in [-0.39, 0.29) is 37.5 Å². The van der Waals surface area contributed by atoms with Gasteiger partial charge in [0.25, 0.3) is 0 Å². The molecule has 0 saturated heterocycles. The summed E-state index contributed by atoms with van der Waals surface area (Å²) >= 11 is 0. The molecule has 0 aromatic rings. The average Bonchev–Trinajstić information content (AvgIpc) is 3.33. The van der Waals surface area contributed by atoms with Gasteiger partial charge in [0, 0.05) is 19.3 Å². The molecular weight excluding hydrogens is 829 g/mol. The van der Waals surface area contributed by atoms with Gasteiger partial charge in [-0.25, -0.2) is 0 Å². The summed E-state index contributed by atoms with van der Waals surface area (Å²) in [5.41, 5.74) is 0. The predicted molar refractivity (Wildman–Crippen MR) is 288 cm³/mol. The maximum Gasteiger partial charge on any atom is 0.306 e. The second kappa shape index (κ2) is 55.2. The standard InChI is InChI=1S/C61H104O6/c1-4-7-10-13-16-19-22-25-27-29-30-32-33-36-39-42-45-48-51-54-60(63)66-57-58(56-65-59(62)53-50-47-44-41-38-35-24-21-18-15-12-9-6-3)67-61(64)55-52-49-46-43-40-37-34-31-28-26-23-20-17-14-11-8-5-2/h8,11,17,20-21,24-28,34,37,43,46,58H,4-7,9-10,12-16,18-19,22-23,29-33,35-36,38-42,44-45,47-57H2,1-3H3/b11-8-,20-17-,24-21-,27-25-,28-26-,37-34-,46-43-/t58-/m1/s1. The van der Waals surface area contributed by atoms with E-state index >= 15 is 0 Å². The van der Waals surface area contributed by atoms with Gasteiger partial charge >= 0.3 is 17.9 Å². The average molecular weight is 933 g/mol. The number of carbonyl (C=O) groups excluding carboxylic acids is 3. The maximum absolute atomic E-state index is 12.8. The number of hydrogen-bond donors (Lipinski definition) is 0. The summed E-state index contributed by atoms with van der Waals surface area (Å²) in [6, 6.07) is 0. The molecule has 67 heavy (non-hydrogen) atoms. The second-order valence-electron chi connectivity index (χ2n) is 18.5. The van der Waals surface area contributed by atoms with E-state index in [1.165, 1.54) is 128 Å². The molecular formula is C61H104O6. The topological polar surface area (TPSA) is 78.9 Å². The zero-order valence-corrected chi connectivity index (χ0v) is 43.9. The zero-order valence-electron chi connectivity index (χ0n) is 43.9. The van der Waals surface area contributed by atoms with Gasteiger partial charge in [0.1, 0.15) is 13.2 Å². The van der Waals surface area contributed by atoms with E-state index in [1.54, 1.807) is 0 Å². The Morgan fingerprint density at radius 3 is 0.985 bits per heavy atom. The first kappa shape index (κ1) is 63.6. The highest BCUT2D eigenvalue weighted by molar-refractivity contribution is 5.71.